The Kier molecular flexibility index (Phi) is 3.84. The van der Waals surface area contributed by atoms with E-state index in [1.165, 1.54) is 0 Å². The highest BCUT2D eigenvalue weighted by atomic mass is 32.2. The van der Waals surface area contributed by atoms with Crippen molar-refractivity contribution in [1.82, 2.24) is 0 Å². The predicted octanol–water partition coefficient (Wildman–Crippen LogP) is 1.11. The van der Waals surface area contributed by atoms with Crippen LogP contribution in [0.25, 0.3) is 0 Å². The molecule has 0 aromatic rings. The molecule has 14 heavy (non-hydrogen) atoms. The van der Waals surface area contributed by atoms with Crippen LogP contribution in [0.4, 0.5) is 0 Å². The number of Topliss-reactive ketones (excluding diaryl/α,β-unsaturated/α-hetero) is 1. The third kappa shape index (κ3) is 2.49. The smallest absolute Gasteiger partial charge is 0.167 e. The molecule has 4 heteroatoms. The molecule has 2 rings (SSSR count). The van der Waals surface area contributed by atoms with E-state index in [1.54, 1.807) is 0 Å². The van der Waals surface area contributed by atoms with Gasteiger partial charge < -0.3 is 9.47 Å². The van der Waals surface area contributed by atoms with Gasteiger partial charge in [0.25, 0.3) is 0 Å². The van der Waals surface area contributed by atoms with Crippen LogP contribution in [0, 0.1) is 5.92 Å². The Morgan fingerprint density at radius 1 is 1.36 bits per heavy atom. The lowest BCUT2D eigenvalue weighted by Gasteiger charge is -2.27. The Morgan fingerprint density at radius 2 is 2.29 bits per heavy atom. The van der Waals surface area contributed by atoms with Gasteiger partial charge in [-0.1, -0.05) is 0 Å². The summed E-state index contributed by atoms with van der Waals surface area (Å²) in [5.74, 6) is 2.20. The Balaban J connectivity index is 1.85. The van der Waals surface area contributed by atoms with Crippen LogP contribution < -0.4 is 0 Å². The van der Waals surface area contributed by atoms with E-state index in [0.717, 1.165) is 31.0 Å². The number of hydrogen-bond acceptors (Lipinski definition) is 4. The molecular weight excluding hydrogens is 200 g/mol. The maximum Gasteiger partial charge on any atom is 0.167 e. The largest absolute Gasteiger partial charge is 0.381 e. The Morgan fingerprint density at radius 3 is 2.93 bits per heavy atom. The van der Waals surface area contributed by atoms with Crippen LogP contribution in [0.15, 0.2) is 0 Å². The summed E-state index contributed by atoms with van der Waals surface area (Å²) in [6.07, 6.45) is 1.82. The third-order valence-corrected chi connectivity index (χ3v) is 3.69. The van der Waals surface area contributed by atoms with Gasteiger partial charge in [0.1, 0.15) is 6.10 Å². The molecule has 2 atom stereocenters. The second-order valence-electron chi connectivity index (χ2n) is 3.75. The number of carbonyl (C=O) groups excluding carboxylic acids is 1. The highest BCUT2D eigenvalue weighted by Gasteiger charge is 2.30. The van der Waals surface area contributed by atoms with Crippen LogP contribution >= 0.6 is 11.8 Å². The van der Waals surface area contributed by atoms with E-state index in [-0.39, 0.29) is 17.8 Å². The van der Waals surface area contributed by atoms with E-state index in [4.69, 9.17) is 9.47 Å². The van der Waals surface area contributed by atoms with Gasteiger partial charge in [-0.25, -0.2) is 0 Å². The minimum absolute atomic E-state index is 0.0902. The van der Waals surface area contributed by atoms with Crippen LogP contribution in [-0.4, -0.2) is 43.2 Å². The van der Waals surface area contributed by atoms with E-state index in [1.807, 2.05) is 11.8 Å². The monoisotopic (exact) mass is 216 g/mol. The Hall–Kier alpha value is -0.0600. The van der Waals surface area contributed by atoms with Crippen LogP contribution in [0.3, 0.4) is 0 Å². The van der Waals surface area contributed by atoms with Gasteiger partial charge in [-0.2, -0.15) is 11.8 Å². The van der Waals surface area contributed by atoms with Crippen LogP contribution in [0.2, 0.25) is 0 Å². The quantitative estimate of drug-likeness (QED) is 0.693. The molecule has 2 saturated heterocycles. The first kappa shape index (κ1) is 10.5. The van der Waals surface area contributed by atoms with E-state index in [9.17, 15) is 4.79 Å². The van der Waals surface area contributed by atoms with E-state index in [2.05, 4.69) is 0 Å². The lowest BCUT2D eigenvalue weighted by Crippen LogP contribution is -2.39. The normalized spacial score (nSPS) is 34.0. The van der Waals surface area contributed by atoms with Gasteiger partial charge in [-0.3, -0.25) is 4.79 Å². The molecule has 0 amide bonds. The standard InChI is InChI=1S/C10H16O3S/c11-10(8-2-1-3-12-6-8)9-7-14-5-4-13-9/h8-9H,1-7H2. The molecule has 2 aliphatic rings. The first-order valence-corrected chi connectivity index (χ1v) is 6.34. The topological polar surface area (TPSA) is 35.5 Å². The SMILES string of the molecule is O=C(C1CCCOC1)C1CSCCO1. The molecule has 0 saturated carbocycles. The number of rotatable bonds is 2. The van der Waals surface area contributed by atoms with E-state index < -0.39 is 0 Å². The molecule has 0 spiro atoms. The highest BCUT2D eigenvalue weighted by Crippen LogP contribution is 2.21. The van der Waals surface area contributed by atoms with Gasteiger partial charge in [-0.05, 0) is 12.8 Å². The lowest BCUT2D eigenvalue weighted by molar-refractivity contribution is -0.137. The average molecular weight is 216 g/mol. The zero-order valence-corrected chi connectivity index (χ0v) is 9.05. The van der Waals surface area contributed by atoms with Crippen molar-refractivity contribution in [1.29, 1.82) is 0 Å². The summed E-state index contributed by atoms with van der Waals surface area (Å²) in [6.45, 7) is 2.13. The van der Waals surface area contributed by atoms with Crippen molar-refractivity contribution in [2.24, 2.45) is 5.92 Å². The molecule has 3 nitrogen and oxygen atoms in total. The number of carbonyl (C=O) groups is 1. The van der Waals surface area contributed by atoms with Gasteiger partial charge in [0.15, 0.2) is 5.78 Å². The van der Waals surface area contributed by atoms with Crippen molar-refractivity contribution in [3.63, 3.8) is 0 Å². The fourth-order valence-electron chi connectivity index (χ4n) is 1.88. The maximum atomic E-state index is 11.9. The molecular formula is C10H16O3S. The van der Waals surface area contributed by atoms with Gasteiger partial charge >= 0.3 is 0 Å². The summed E-state index contributed by atoms with van der Waals surface area (Å²) in [6, 6.07) is 0. The molecule has 0 N–H and O–H groups in total. The minimum Gasteiger partial charge on any atom is -0.381 e. The summed E-state index contributed by atoms with van der Waals surface area (Å²) in [4.78, 5) is 11.9. The molecule has 0 aliphatic carbocycles. The molecule has 2 fully saturated rings. The summed E-state index contributed by atoms with van der Waals surface area (Å²) in [5, 5.41) is 0. The van der Waals surface area contributed by atoms with Gasteiger partial charge in [0.05, 0.1) is 13.2 Å². The summed E-state index contributed by atoms with van der Waals surface area (Å²) >= 11 is 1.81. The van der Waals surface area contributed by atoms with Crippen LogP contribution in [0.1, 0.15) is 12.8 Å². The second-order valence-corrected chi connectivity index (χ2v) is 4.90. The predicted molar refractivity (Wildman–Crippen MR) is 55.6 cm³/mol. The van der Waals surface area contributed by atoms with Crippen molar-refractivity contribution < 1.29 is 14.3 Å². The maximum absolute atomic E-state index is 11.9. The summed E-state index contributed by atoms with van der Waals surface area (Å²) in [5.41, 5.74) is 0. The van der Waals surface area contributed by atoms with Gasteiger partial charge in [-0.15, -0.1) is 0 Å². The molecule has 2 heterocycles. The molecule has 0 bridgehead atoms. The Bertz CT molecular complexity index is 176. The molecule has 0 aromatic heterocycles. The minimum atomic E-state index is -0.166. The lowest BCUT2D eigenvalue weighted by atomic mass is 9.94. The van der Waals surface area contributed by atoms with E-state index in [0.29, 0.717) is 13.2 Å². The summed E-state index contributed by atoms with van der Waals surface area (Å²) in [7, 11) is 0. The Labute approximate surface area is 88.5 Å². The summed E-state index contributed by atoms with van der Waals surface area (Å²) < 4.78 is 10.8. The fraction of sp³-hybridized carbons (Fsp3) is 0.900. The van der Waals surface area contributed by atoms with Crippen LogP contribution in [0.5, 0.6) is 0 Å². The number of thioether (sulfide) groups is 1. The molecule has 2 aliphatic heterocycles. The first-order valence-electron chi connectivity index (χ1n) is 5.19. The van der Waals surface area contributed by atoms with E-state index >= 15 is 0 Å². The number of hydrogen-bond donors (Lipinski definition) is 0. The zero-order chi connectivity index (χ0) is 9.80. The van der Waals surface area contributed by atoms with Crippen molar-refractivity contribution in [3.05, 3.63) is 0 Å². The van der Waals surface area contributed by atoms with Crippen molar-refractivity contribution >= 4 is 17.5 Å². The first-order chi connectivity index (χ1) is 6.88. The zero-order valence-electron chi connectivity index (χ0n) is 8.24. The molecule has 80 valence electrons. The fourth-order valence-corrected chi connectivity index (χ4v) is 2.74. The highest BCUT2D eigenvalue weighted by molar-refractivity contribution is 7.99. The average Bonchev–Trinajstić information content (AvgIpc) is 2.30. The number of ketones is 1. The molecule has 0 radical (unpaired) electrons. The van der Waals surface area contributed by atoms with Crippen molar-refractivity contribution in [3.8, 4) is 0 Å². The third-order valence-electron chi connectivity index (χ3n) is 2.70. The molecule has 0 aromatic carbocycles. The number of ether oxygens (including phenoxy) is 2. The van der Waals surface area contributed by atoms with Gasteiger partial charge in [0.2, 0.25) is 0 Å². The van der Waals surface area contributed by atoms with Crippen LogP contribution in [-0.2, 0) is 14.3 Å². The van der Waals surface area contributed by atoms with Crippen molar-refractivity contribution in [2.75, 3.05) is 31.3 Å². The van der Waals surface area contributed by atoms with Gasteiger partial charge in [0, 0.05) is 24.0 Å². The van der Waals surface area contributed by atoms with Crippen molar-refractivity contribution in [2.45, 2.75) is 18.9 Å². The second kappa shape index (κ2) is 5.14. The molecule has 2 unspecified atom stereocenters.